The molecule has 0 aromatic carbocycles. The fourth-order valence-electron chi connectivity index (χ4n) is 2.42. The molecule has 2 heterocycles. The lowest BCUT2D eigenvalue weighted by Crippen LogP contribution is -2.37. The van der Waals surface area contributed by atoms with Crippen LogP contribution in [0.3, 0.4) is 0 Å². The Balaban J connectivity index is 0.00000162. The molecule has 2 rings (SSSR count). The Hall–Kier alpha value is 0.0900. The Labute approximate surface area is 115 Å². The van der Waals surface area contributed by atoms with Crippen LogP contribution < -0.4 is 5.32 Å². The van der Waals surface area contributed by atoms with Crippen molar-refractivity contribution in [2.24, 2.45) is 0 Å². The fourth-order valence-corrected chi connectivity index (χ4v) is 2.42. The number of methoxy groups -OCH3 is 1. The van der Waals surface area contributed by atoms with Gasteiger partial charge in [-0.2, -0.15) is 0 Å². The summed E-state index contributed by atoms with van der Waals surface area (Å²) in [6.45, 7) is 7.75. The van der Waals surface area contributed by atoms with E-state index in [1.165, 1.54) is 0 Å². The zero-order chi connectivity index (χ0) is 12.5. The number of rotatable bonds is 5. The summed E-state index contributed by atoms with van der Waals surface area (Å²) in [6.07, 6.45) is 0.619. The van der Waals surface area contributed by atoms with Crippen LogP contribution in [0.1, 0.15) is 27.2 Å². The van der Waals surface area contributed by atoms with Gasteiger partial charge < -0.3 is 24.3 Å². The molecule has 108 valence electrons. The third-order valence-electron chi connectivity index (χ3n) is 3.11. The first-order valence-electron chi connectivity index (χ1n) is 6.32. The maximum Gasteiger partial charge on any atom is 0.186 e. The highest BCUT2D eigenvalue weighted by Gasteiger charge is 2.55. The van der Waals surface area contributed by atoms with E-state index in [4.69, 9.17) is 18.9 Å². The molecule has 6 heteroatoms. The maximum atomic E-state index is 5.88. The Kier molecular flexibility index (Phi) is 5.83. The SMILES string of the molecule is CCCNC[C@H]1O[C@@H](OC)[C@@H]2OC(C)(C)O[C@@H]21.Cl. The monoisotopic (exact) mass is 281 g/mol. The first-order valence-corrected chi connectivity index (χ1v) is 6.32. The molecule has 2 aliphatic rings. The minimum Gasteiger partial charge on any atom is -0.353 e. The van der Waals surface area contributed by atoms with E-state index >= 15 is 0 Å². The van der Waals surface area contributed by atoms with E-state index in [9.17, 15) is 0 Å². The van der Waals surface area contributed by atoms with Crippen molar-refractivity contribution in [3.63, 3.8) is 0 Å². The molecule has 0 aliphatic carbocycles. The molecule has 0 saturated carbocycles. The molecule has 5 nitrogen and oxygen atoms in total. The van der Waals surface area contributed by atoms with Crippen LogP contribution in [0.5, 0.6) is 0 Å². The lowest BCUT2D eigenvalue weighted by atomic mass is 10.1. The first-order chi connectivity index (χ1) is 8.07. The van der Waals surface area contributed by atoms with Crippen molar-refractivity contribution in [2.75, 3.05) is 20.2 Å². The summed E-state index contributed by atoms with van der Waals surface area (Å²) >= 11 is 0. The topological polar surface area (TPSA) is 49.0 Å². The smallest absolute Gasteiger partial charge is 0.186 e. The molecule has 0 bridgehead atoms. The van der Waals surface area contributed by atoms with E-state index in [1.54, 1.807) is 7.11 Å². The third-order valence-corrected chi connectivity index (χ3v) is 3.11. The van der Waals surface area contributed by atoms with E-state index in [-0.39, 0.29) is 37.0 Å². The molecule has 0 aromatic heterocycles. The van der Waals surface area contributed by atoms with Gasteiger partial charge in [-0.1, -0.05) is 6.92 Å². The van der Waals surface area contributed by atoms with Crippen molar-refractivity contribution in [1.82, 2.24) is 5.32 Å². The summed E-state index contributed by atoms with van der Waals surface area (Å²) in [5, 5.41) is 3.35. The van der Waals surface area contributed by atoms with Crippen LogP contribution in [-0.2, 0) is 18.9 Å². The summed E-state index contributed by atoms with van der Waals surface area (Å²) in [5.41, 5.74) is 0. The van der Waals surface area contributed by atoms with Crippen LogP contribution in [0, 0.1) is 0 Å². The van der Waals surface area contributed by atoms with Crippen LogP contribution in [0.4, 0.5) is 0 Å². The summed E-state index contributed by atoms with van der Waals surface area (Å²) in [6, 6.07) is 0. The highest BCUT2D eigenvalue weighted by molar-refractivity contribution is 5.85. The Morgan fingerprint density at radius 2 is 1.89 bits per heavy atom. The van der Waals surface area contributed by atoms with Gasteiger partial charge in [0.15, 0.2) is 12.1 Å². The van der Waals surface area contributed by atoms with Gasteiger partial charge >= 0.3 is 0 Å². The number of nitrogens with one attached hydrogen (secondary N) is 1. The predicted octanol–water partition coefficient (Wildman–Crippen LogP) is 1.30. The van der Waals surface area contributed by atoms with Crippen molar-refractivity contribution in [2.45, 2.75) is 57.6 Å². The Bertz CT molecular complexity index is 264. The van der Waals surface area contributed by atoms with Gasteiger partial charge in [0.1, 0.15) is 18.3 Å². The van der Waals surface area contributed by atoms with Gasteiger partial charge in [0.2, 0.25) is 0 Å². The zero-order valence-corrected chi connectivity index (χ0v) is 12.3. The minimum atomic E-state index is -0.543. The average molecular weight is 282 g/mol. The number of ether oxygens (including phenoxy) is 4. The molecular formula is C12H24ClNO4. The molecule has 0 radical (unpaired) electrons. The molecule has 0 aromatic rings. The van der Waals surface area contributed by atoms with E-state index < -0.39 is 5.79 Å². The standard InChI is InChI=1S/C12H23NO4.ClH/c1-5-6-13-7-8-9-10(11(14-4)15-8)17-12(2,3)16-9;/h8-11,13H,5-7H2,1-4H3;1H/t8-,9-,10-,11-;/m1./s1. The lowest BCUT2D eigenvalue weighted by Gasteiger charge is -2.23. The minimum absolute atomic E-state index is 0. The van der Waals surface area contributed by atoms with Gasteiger partial charge in [-0.25, -0.2) is 0 Å². The molecule has 1 N–H and O–H groups in total. The van der Waals surface area contributed by atoms with E-state index in [1.807, 2.05) is 13.8 Å². The van der Waals surface area contributed by atoms with Gasteiger partial charge in [-0.05, 0) is 26.8 Å². The van der Waals surface area contributed by atoms with Crippen LogP contribution >= 0.6 is 12.4 Å². The normalized spacial score (nSPS) is 37.3. The van der Waals surface area contributed by atoms with E-state index in [2.05, 4.69) is 12.2 Å². The number of halogens is 1. The van der Waals surface area contributed by atoms with Crippen molar-refractivity contribution >= 4 is 12.4 Å². The van der Waals surface area contributed by atoms with Crippen molar-refractivity contribution in [1.29, 1.82) is 0 Å². The molecule has 4 atom stereocenters. The number of hydrogen-bond acceptors (Lipinski definition) is 5. The van der Waals surface area contributed by atoms with Gasteiger partial charge in [0.05, 0.1) is 0 Å². The molecule has 0 unspecified atom stereocenters. The van der Waals surface area contributed by atoms with E-state index in [0.717, 1.165) is 19.5 Å². The highest BCUT2D eigenvalue weighted by Crippen LogP contribution is 2.38. The van der Waals surface area contributed by atoms with Crippen LogP contribution in [0.15, 0.2) is 0 Å². The highest BCUT2D eigenvalue weighted by atomic mass is 35.5. The summed E-state index contributed by atoms with van der Waals surface area (Å²) in [4.78, 5) is 0. The second-order valence-electron chi connectivity index (χ2n) is 5.05. The number of hydrogen-bond donors (Lipinski definition) is 1. The predicted molar refractivity (Wildman–Crippen MR) is 69.9 cm³/mol. The molecule has 0 spiro atoms. The number of fused-ring (bicyclic) bond motifs is 1. The fraction of sp³-hybridized carbons (Fsp3) is 1.00. The first kappa shape index (κ1) is 16.1. The largest absolute Gasteiger partial charge is 0.353 e. The maximum absolute atomic E-state index is 5.88. The molecule has 2 saturated heterocycles. The second kappa shape index (κ2) is 6.50. The summed E-state index contributed by atoms with van der Waals surface area (Å²) < 4.78 is 22.8. The molecule has 2 aliphatic heterocycles. The van der Waals surface area contributed by atoms with Crippen molar-refractivity contribution in [3.05, 3.63) is 0 Å². The van der Waals surface area contributed by atoms with Crippen LogP contribution in [-0.4, -0.2) is 50.6 Å². The third kappa shape index (κ3) is 3.35. The zero-order valence-electron chi connectivity index (χ0n) is 11.5. The quantitative estimate of drug-likeness (QED) is 0.770. The second-order valence-corrected chi connectivity index (χ2v) is 5.05. The summed E-state index contributed by atoms with van der Waals surface area (Å²) in [7, 11) is 1.64. The molecular weight excluding hydrogens is 258 g/mol. The van der Waals surface area contributed by atoms with Crippen LogP contribution in [0.25, 0.3) is 0 Å². The van der Waals surface area contributed by atoms with Crippen molar-refractivity contribution in [3.8, 4) is 0 Å². The molecule has 18 heavy (non-hydrogen) atoms. The Morgan fingerprint density at radius 1 is 1.22 bits per heavy atom. The van der Waals surface area contributed by atoms with Gasteiger partial charge in [0.25, 0.3) is 0 Å². The van der Waals surface area contributed by atoms with E-state index in [0.29, 0.717) is 0 Å². The lowest BCUT2D eigenvalue weighted by molar-refractivity contribution is -0.226. The van der Waals surface area contributed by atoms with Gasteiger partial charge in [0, 0.05) is 13.7 Å². The van der Waals surface area contributed by atoms with Crippen LogP contribution in [0.2, 0.25) is 0 Å². The molecule has 0 amide bonds. The molecule has 2 fully saturated rings. The van der Waals surface area contributed by atoms with Gasteiger partial charge in [-0.15, -0.1) is 12.4 Å². The van der Waals surface area contributed by atoms with Crippen molar-refractivity contribution < 1.29 is 18.9 Å². The summed E-state index contributed by atoms with van der Waals surface area (Å²) in [5.74, 6) is -0.543. The Morgan fingerprint density at radius 3 is 2.50 bits per heavy atom. The average Bonchev–Trinajstić information content (AvgIpc) is 2.73. The van der Waals surface area contributed by atoms with Gasteiger partial charge in [-0.3, -0.25) is 0 Å².